The van der Waals surface area contributed by atoms with Crippen LogP contribution in [0.3, 0.4) is 0 Å². The van der Waals surface area contributed by atoms with Gasteiger partial charge >= 0.3 is 0 Å². The Kier molecular flexibility index (Phi) is 8.40. The van der Waals surface area contributed by atoms with Crippen LogP contribution in [0.25, 0.3) is 0 Å². The Labute approximate surface area is 182 Å². The van der Waals surface area contributed by atoms with Crippen LogP contribution in [0.1, 0.15) is 46.9 Å². The summed E-state index contributed by atoms with van der Waals surface area (Å²) >= 11 is 1.92. The first-order chi connectivity index (χ1) is 12.6. The van der Waals surface area contributed by atoms with E-state index in [-0.39, 0.29) is 35.8 Å². The number of nitrogens with zero attached hydrogens (tertiary/aromatic N) is 2. The monoisotopic (exact) mass is 502 g/mol. The average Bonchev–Trinajstić information content (AvgIpc) is 3.20. The molecule has 0 saturated heterocycles. The number of rotatable bonds is 6. The number of guanidine groups is 1. The highest BCUT2D eigenvalue weighted by Crippen LogP contribution is 2.28. The minimum Gasteiger partial charge on any atom is -0.357 e. The number of hydrogen-bond donors (Lipinski definition) is 2. The summed E-state index contributed by atoms with van der Waals surface area (Å²) in [4.78, 5) is 30.6. The number of nitrogens with one attached hydrogen (secondary N) is 2. The maximum atomic E-state index is 12.4. The molecule has 1 aliphatic carbocycles. The fourth-order valence-corrected chi connectivity index (χ4v) is 4.30. The third-order valence-corrected chi connectivity index (χ3v) is 5.97. The predicted octanol–water partition coefficient (Wildman–Crippen LogP) is 2.74. The zero-order valence-corrected chi connectivity index (χ0v) is 18.9. The normalized spacial score (nSPS) is 21.9. The highest BCUT2D eigenvalue weighted by Gasteiger charge is 2.34. The minimum absolute atomic E-state index is 0. The Morgan fingerprint density at radius 2 is 1.89 bits per heavy atom. The first-order valence-electron chi connectivity index (χ1n) is 9.17. The Hall–Kier alpha value is -1.29. The number of thioether (sulfide) groups is 1. The van der Waals surface area contributed by atoms with Crippen LogP contribution in [0.15, 0.2) is 29.3 Å². The summed E-state index contributed by atoms with van der Waals surface area (Å²) in [7, 11) is 0. The molecular weight excluding hydrogens is 475 g/mol. The molecule has 3 rings (SSSR count). The summed E-state index contributed by atoms with van der Waals surface area (Å²) in [5, 5.41) is 7.45. The second-order valence-corrected chi connectivity index (χ2v) is 7.72. The molecule has 2 aliphatic rings. The molecule has 1 aromatic rings. The molecule has 2 atom stereocenters. The van der Waals surface area contributed by atoms with Gasteiger partial charge in [-0.05, 0) is 44.6 Å². The SMILES string of the molecule is CCNC(=NCCN1C(=O)c2ccccc2C1=O)NC1CCC(SC)C1.I. The van der Waals surface area contributed by atoms with E-state index in [0.717, 1.165) is 25.3 Å². The van der Waals surface area contributed by atoms with Crippen molar-refractivity contribution >= 4 is 53.5 Å². The molecule has 8 heteroatoms. The number of carbonyl (C=O) groups is 2. The number of halogens is 1. The Morgan fingerprint density at radius 1 is 1.22 bits per heavy atom. The minimum atomic E-state index is -0.225. The lowest BCUT2D eigenvalue weighted by atomic mass is 10.1. The van der Waals surface area contributed by atoms with E-state index in [0.29, 0.717) is 35.5 Å². The van der Waals surface area contributed by atoms with Crippen LogP contribution in [0.5, 0.6) is 0 Å². The van der Waals surface area contributed by atoms with Gasteiger partial charge in [0.05, 0.1) is 17.7 Å². The van der Waals surface area contributed by atoms with Crippen molar-refractivity contribution in [1.82, 2.24) is 15.5 Å². The van der Waals surface area contributed by atoms with Crippen LogP contribution in [0.4, 0.5) is 0 Å². The van der Waals surface area contributed by atoms with Crippen molar-refractivity contribution in [2.24, 2.45) is 4.99 Å². The van der Waals surface area contributed by atoms with Gasteiger partial charge in [-0.25, -0.2) is 0 Å². The Bertz CT molecular complexity index is 678. The zero-order valence-electron chi connectivity index (χ0n) is 15.7. The van der Waals surface area contributed by atoms with Crippen molar-refractivity contribution in [2.45, 2.75) is 37.5 Å². The first-order valence-corrected chi connectivity index (χ1v) is 10.5. The van der Waals surface area contributed by atoms with Crippen LogP contribution in [0.2, 0.25) is 0 Å². The van der Waals surface area contributed by atoms with Crippen LogP contribution in [0, 0.1) is 0 Å². The maximum absolute atomic E-state index is 12.4. The Balaban J connectivity index is 0.00000261. The molecule has 27 heavy (non-hydrogen) atoms. The highest BCUT2D eigenvalue weighted by atomic mass is 127. The quantitative estimate of drug-likeness (QED) is 0.271. The molecule has 1 heterocycles. The van der Waals surface area contributed by atoms with E-state index in [1.165, 1.54) is 11.3 Å². The van der Waals surface area contributed by atoms with Crippen molar-refractivity contribution < 1.29 is 9.59 Å². The van der Waals surface area contributed by atoms with Crippen molar-refractivity contribution in [3.05, 3.63) is 35.4 Å². The number of hydrogen-bond acceptors (Lipinski definition) is 4. The van der Waals surface area contributed by atoms with Gasteiger partial charge in [0.1, 0.15) is 0 Å². The summed E-state index contributed by atoms with van der Waals surface area (Å²) in [6.45, 7) is 3.48. The zero-order chi connectivity index (χ0) is 18.5. The van der Waals surface area contributed by atoms with Crippen molar-refractivity contribution in [2.75, 3.05) is 25.9 Å². The molecule has 6 nitrogen and oxygen atoms in total. The van der Waals surface area contributed by atoms with E-state index in [9.17, 15) is 9.59 Å². The van der Waals surface area contributed by atoms with Gasteiger partial charge in [-0.1, -0.05) is 12.1 Å². The number of fused-ring (bicyclic) bond motifs is 1. The highest BCUT2D eigenvalue weighted by molar-refractivity contribution is 14.0. The molecule has 0 radical (unpaired) electrons. The third kappa shape index (κ3) is 5.16. The van der Waals surface area contributed by atoms with Gasteiger partial charge in [0.15, 0.2) is 5.96 Å². The Morgan fingerprint density at radius 3 is 2.44 bits per heavy atom. The van der Waals surface area contributed by atoms with E-state index in [4.69, 9.17) is 0 Å². The standard InChI is InChI=1S/C19H26N4O2S.HI/c1-3-20-19(22-13-8-9-14(12-13)26-2)21-10-11-23-17(24)15-6-4-5-7-16(15)18(23)25;/h4-7,13-14H,3,8-12H2,1-2H3,(H2,20,21,22);1H. The van der Waals surface area contributed by atoms with Crippen molar-refractivity contribution in [1.29, 1.82) is 0 Å². The van der Waals surface area contributed by atoms with E-state index in [1.807, 2.05) is 18.7 Å². The molecule has 0 spiro atoms. The number of carbonyl (C=O) groups excluding carboxylic acids is 2. The number of aliphatic imine (C=N–C) groups is 1. The molecule has 1 fully saturated rings. The summed E-state index contributed by atoms with van der Waals surface area (Å²) < 4.78 is 0. The predicted molar refractivity (Wildman–Crippen MR) is 121 cm³/mol. The molecule has 0 aromatic heterocycles. The second kappa shape index (κ2) is 10.3. The summed E-state index contributed by atoms with van der Waals surface area (Å²) in [5.41, 5.74) is 0.973. The van der Waals surface area contributed by atoms with Gasteiger partial charge in [0.25, 0.3) is 11.8 Å². The van der Waals surface area contributed by atoms with Crippen LogP contribution >= 0.6 is 35.7 Å². The average molecular weight is 502 g/mol. The van der Waals surface area contributed by atoms with Gasteiger partial charge in [0.2, 0.25) is 0 Å². The van der Waals surface area contributed by atoms with E-state index < -0.39 is 0 Å². The van der Waals surface area contributed by atoms with Gasteiger partial charge < -0.3 is 10.6 Å². The molecule has 2 amide bonds. The molecule has 1 aliphatic heterocycles. The van der Waals surface area contributed by atoms with Gasteiger partial charge in [0, 0.05) is 24.4 Å². The third-order valence-electron chi connectivity index (χ3n) is 4.87. The van der Waals surface area contributed by atoms with Crippen LogP contribution in [-0.2, 0) is 0 Å². The number of benzene rings is 1. The molecule has 1 saturated carbocycles. The molecule has 148 valence electrons. The second-order valence-electron chi connectivity index (χ2n) is 6.58. The van der Waals surface area contributed by atoms with Crippen LogP contribution < -0.4 is 10.6 Å². The van der Waals surface area contributed by atoms with Gasteiger partial charge in [-0.3, -0.25) is 19.5 Å². The van der Waals surface area contributed by atoms with Crippen molar-refractivity contribution in [3.63, 3.8) is 0 Å². The first kappa shape index (κ1) is 22.0. The number of imide groups is 1. The molecule has 1 aromatic carbocycles. The summed E-state index contributed by atoms with van der Waals surface area (Å²) in [5.74, 6) is 0.311. The summed E-state index contributed by atoms with van der Waals surface area (Å²) in [6.07, 6.45) is 5.68. The largest absolute Gasteiger partial charge is 0.357 e. The number of amides is 2. The van der Waals surface area contributed by atoms with Crippen LogP contribution in [-0.4, -0.2) is 59.9 Å². The summed E-state index contributed by atoms with van der Waals surface area (Å²) in [6, 6.07) is 7.40. The molecular formula is C19H27IN4O2S. The lowest BCUT2D eigenvalue weighted by Crippen LogP contribution is -2.43. The van der Waals surface area contributed by atoms with E-state index in [1.54, 1.807) is 24.3 Å². The topological polar surface area (TPSA) is 73.8 Å². The van der Waals surface area contributed by atoms with Crippen molar-refractivity contribution in [3.8, 4) is 0 Å². The van der Waals surface area contributed by atoms with E-state index in [2.05, 4.69) is 21.9 Å². The fourth-order valence-electron chi connectivity index (χ4n) is 3.50. The molecule has 0 bridgehead atoms. The fraction of sp³-hybridized carbons (Fsp3) is 0.526. The molecule has 2 unspecified atom stereocenters. The molecule has 2 N–H and O–H groups in total. The van der Waals surface area contributed by atoms with Gasteiger partial charge in [-0.2, -0.15) is 11.8 Å². The smallest absolute Gasteiger partial charge is 0.261 e. The maximum Gasteiger partial charge on any atom is 0.261 e. The lowest BCUT2D eigenvalue weighted by molar-refractivity contribution is 0.0659. The lowest BCUT2D eigenvalue weighted by Gasteiger charge is -2.18. The van der Waals surface area contributed by atoms with E-state index >= 15 is 0 Å². The van der Waals surface area contributed by atoms with Gasteiger partial charge in [-0.15, -0.1) is 24.0 Å².